The van der Waals surface area contributed by atoms with E-state index >= 15 is 0 Å². The average Bonchev–Trinajstić information content (AvgIpc) is 2.85. The van der Waals surface area contributed by atoms with Crippen LogP contribution in [-0.2, 0) is 4.79 Å². The molecule has 1 saturated carbocycles. The third-order valence-corrected chi connectivity index (χ3v) is 7.26. The lowest BCUT2D eigenvalue weighted by Crippen LogP contribution is -2.33. The topological polar surface area (TPSA) is 115 Å². The van der Waals surface area contributed by atoms with Crippen molar-refractivity contribution in [1.82, 2.24) is 4.57 Å². The number of nitrogens with zero attached hydrogens (tertiary/aromatic N) is 1. The lowest BCUT2D eigenvalue weighted by Gasteiger charge is -2.28. The number of carboxylic acid groups (broad SMARTS) is 1. The molecule has 0 spiro atoms. The van der Waals surface area contributed by atoms with E-state index in [1.165, 1.54) is 55.1 Å². The zero-order chi connectivity index (χ0) is 27.4. The summed E-state index contributed by atoms with van der Waals surface area (Å²) in [5.41, 5.74) is 1.38. The van der Waals surface area contributed by atoms with Crippen LogP contribution < -0.4 is 15.6 Å². The summed E-state index contributed by atoms with van der Waals surface area (Å²) in [6.07, 6.45) is 6.10. The van der Waals surface area contributed by atoms with Crippen LogP contribution in [0.1, 0.15) is 65.8 Å². The molecule has 1 fully saturated rings. The van der Waals surface area contributed by atoms with Crippen LogP contribution in [-0.4, -0.2) is 34.4 Å². The highest BCUT2D eigenvalue weighted by Gasteiger charge is 2.27. The molecule has 1 heterocycles. The van der Waals surface area contributed by atoms with Crippen molar-refractivity contribution in [3.05, 3.63) is 81.2 Å². The van der Waals surface area contributed by atoms with E-state index in [2.05, 4.69) is 5.32 Å². The Morgan fingerprint density at radius 3 is 2.39 bits per heavy atom. The van der Waals surface area contributed by atoms with E-state index in [0.29, 0.717) is 45.5 Å². The highest BCUT2D eigenvalue weighted by atomic mass is 35.5. The number of aromatic carboxylic acids is 1. The smallest absolute Gasteiger partial charge is 0.335 e. The van der Waals surface area contributed by atoms with Crippen LogP contribution in [0, 0.1) is 5.92 Å². The number of Topliss-reactive ketones (excluding diaryl/α,β-unsaturated/α-hetero) is 1. The number of benzene rings is 2. The second-order valence-corrected chi connectivity index (χ2v) is 9.95. The van der Waals surface area contributed by atoms with E-state index < -0.39 is 23.5 Å². The maximum absolute atomic E-state index is 13.5. The first-order valence-corrected chi connectivity index (χ1v) is 12.8. The van der Waals surface area contributed by atoms with Crippen LogP contribution in [0.5, 0.6) is 5.75 Å². The lowest BCUT2D eigenvalue weighted by atomic mass is 9.81. The zero-order valence-corrected chi connectivity index (χ0v) is 22.0. The fourth-order valence-corrected chi connectivity index (χ4v) is 4.86. The summed E-state index contributed by atoms with van der Waals surface area (Å²) in [5.74, 6) is -0.804. The Bertz CT molecular complexity index is 1430. The van der Waals surface area contributed by atoms with E-state index in [4.69, 9.17) is 21.4 Å². The molecule has 8 nitrogen and oxygen atoms in total. The Hall–Kier alpha value is -3.91. The monoisotopic (exact) mass is 536 g/mol. The summed E-state index contributed by atoms with van der Waals surface area (Å²) >= 11 is 6.20. The second-order valence-electron chi connectivity index (χ2n) is 9.51. The maximum atomic E-state index is 13.5. The largest absolute Gasteiger partial charge is 0.495 e. The van der Waals surface area contributed by atoms with Gasteiger partial charge in [0.15, 0.2) is 5.78 Å². The van der Waals surface area contributed by atoms with Crippen molar-refractivity contribution >= 4 is 34.9 Å². The first-order chi connectivity index (χ1) is 18.2. The molecule has 198 valence electrons. The number of nitrogens with one attached hydrogen (secondary N) is 1. The molecule has 1 aromatic heterocycles. The van der Waals surface area contributed by atoms with E-state index in [-0.39, 0.29) is 11.3 Å². The number of ether oxygens (including phenoxy) is 1. The minimum absolute atomic E-state index is 0.104. The minimum Gasteiger partial charge on any atom is -0.495 e. The molecule has 0 unspecified atom stereocenters. The summed E-state index contributed by atoms with van der Waals surface area (Å²) in [7, 11) is 1.46. The van der Waals surface area contributed by atoms with Crippen LogP contribution in [0.4, 0.5) is 5.69 Å². The van der Waals surface area contributed by atoms with Crippen LogP contribution in [0.15, 0.2) is 59.5 Å². The van der Waals surface area contributed by atoms with E-state index in [0.717, 1.165) is 25.7 Å². The quantitative estimate of drug-likeness (QED) is 0.315. The van der Waals surface area contributed by atoms with Gasteiger partial charge in [0.2, 0.25) is 5.91 Å². The number of hydrogen-bond acceptors (Lipinski definition) is 5. The Kier molecular flexibility index (Phi) is 8.32. The third kappa shape index (κ3) is 5.97. The molecule has 3 aromatic rings. The van der Waals surface area contributed by atoms with Gasteiger partial charge in [-0.25, -0.2) is 4.79 Å². The van der Waals surface area contributed by atoms with Crippen molar-refractivity contribution in [2.75, 3.05) is 12.4 Å². The normalized spacial score (nSPS) is 13.9. The number of halogens is 1. The number of carbonyl (C=O) groups excluding carboxylic acids is 2. The van der Waals surface area contributed by atoms with Gasteiger partial charge in [0.25, 0.3) is 5.56 Å². The van der Waals surface area contributed by atoms with Gasteiger partial charge in [-0.15, -0.1) is 0 Å². The molecule has 0 saturated heterocycles. The number of pyridine rings is 1. The molecular formula is C29H29ClN2O6. The minimum atomic E-state index is -1.06. The molecule has 1 amide bonds. The maximum Gasteiger partial charge on any atom is 0.335 e. The van der Waals surface area contributed by atoms with Crippen LogP contribution in [0.3, 0.4) is 0 Å². The number of carboxylic acids is 1. The SMILES string of the molecule is COc1cn([C@@H](CCC2CCC2)C(=O)Nc2ccc(C(=O)O)cc2)c(=O)cc1-c1cc(Cl)ccc1C(C)=O. The van der Waals surface area contributed by atoms with Gasteiger partial charge < -0.3 is 15.2 Å². The number of hydrogen-bond donors (Lipinski definition) is 2. The molecule has 2 N–H and O–H groups in total. The number of aromatic nitrogens is 1. The molecule has 1 aliphatic carbocycles. The van der Waals surface area contributed by atoms with Crippen molar-refractivity contribution in [1.29, 1.82) is 0 Å². The first kappa shape index (κ1) is 27.1. The zero-order valence-electron chi connectivity index (χ0n) is 21.2. The Morgan fingerprint density at radius 1 is 1.11 bits per heavy atom. The van der Waals surface area contributed by atoms with E-state index in [1.807, 2.05) is 0 Å². The standard InChI is InChI=1S/C29H29ClN2O6/c1-17(33)22-12-9-20(30)14-23(22)24-15-27(34)32(16-26(24)38-2)25(13-6-18-4-3-5-18)28(35)31-21-10-7-19(8-11-21)29(36)37/h7-12,14-16,18,25H,3-6,13H2,1-2H3,(H,31,35)(H,36,37)/t25-/m0/s1. The highest BCUT2D eigenvalue weighted by molar-refractivity contribution is 6.31. The summed E-state index contributed by atoms with van der Waals surface area (Å²) in [6.45, 7) is 1.43. The fraction of sp³-hybridized carbons (Fsp3) is 0.310. The second kappa shape index (κ2) is 11.6. The van der Waals surface area contributed by atoms with Gasteiger partial charge in [0.1, 0.15) is 11.8 Å². The van der Waals surface area contributed by atoms with Crippen molar-refractivity contribution in [2.45, 2.75) is 45.1 Å². The first-order valence-electron chi connectivity index (χ1n) is 12.4. The van der Waals surface area contributed by atoms with Gasteiger partial charge in [-0.1, -0.05) is 30.9 Å². The van der Waals surface area contributed by atoms with Gasteiger partial charge in [-0.2, -0.15) is 0 Å². The number of rotatable bonds is 10. The summed E-state index contributed by atoms with van der Waals surface area (Å²) < 4.78 is 6.97. The van der Waals surface area contributed by atoms with Gasteiger partial charge in [-0.05, 0) is 73.7 Å². The van der Waals surface area contributed by atoms with Crippen LogP contribution in [0.25, 0.3) is 11.1 Å². The summed E-state index contributed by atoms with van der Waals surface area (Å²) in [5, 5.41) is 12.3. The Labute approximate surface area is 225 Å². The Morgan fingerprint density at radius 2 is 1.82 bits per heavy atom. The predicted octanol–water partition coefficient (Wildman–Crippen LogP) is 5.84. The van der Waals surface area contributed by atoms with Gasteiger partial charge >= 0.3 is 5.97 Å². The summed E-state index contributed by atoms with van der Waals surface area (Å²) in [4.78, 5) is 50.3. The van der Waals surface area contributed by atoms with Crippen molar-refractivity contribution in [2.24, 2.45) is 5.92 Å². The average molecular weight is 537 g/mol. The van der Waals surface area contributed by atoms with Crippen molar-refractivity contribution in [3.63, 3.8) is 0 Å². The van der Waals surface area contributed by atoms with E-state index in [9.17, 15) is 19.2 Å². The molecule has 9 heteroatoms. The van der Waals surface area contributed by atoms with Gasteiger partial charge in [0.05, 0.1) is 18.9 Å². The molecule has 0 radical (unpaired) electrons. The predicted molar refractivity (Wildman–Crippen MR) is 145 cm³/mol. The molecule has 4 rings (SSSR count). The third-order valence-electron chi connectivity index (χ3n) is 7.03. The van der Waals surface area contributed by atoms with Crippen molar-refractivity contribution in [3.8, 4) is 16.9 Å². The molecule has 2 aromatic carbocycles. The Balaban J connectivity index is 1.72. The lowest BCUT2D eigenvalue weighted by molar-refractivity contribution is -0.119. The molecule has 38 heavy (non-hydrogen) atoms. The molecule has 1 atom stereocenters. The molecule has 0 aliphatic heterocycles. The molecule has 1 aliphatic rings. The van der Waals surface area contributed by atoms with Crippen molar-refractivity contribution < 1.29 is 24.2 Å². The molecular weight excluding hydrogens is 508 g/mol. The number of carbonyl (C=O) groups is 3. The van der Waals surface area contributed by atoms with E-state index in [1.54, 1.807) is 18.2 Å². The number of methoxy groups -OCH3 is 1. The van der Waals surface area contributed by atoms with Gasteiger partial charge in [-0.3, -0.25) is 19.0 Å². The van der Waals surface area contributed by atoms with Crippen LogP contribution >= 0.6 is 11.6 Å². The van der Waals surface area contributed by atoms with Crippen LogP contribution in [0.2, 0.25) is 5.02 Å². The fourth-order valence-electron chi connectivity index (χ4n) is 4.68. The molecule has 0 bridgehead atoms. The summed E-state index contributed by atoms with van der Waals surface area (Å²) in [6, 6.07) is 11.2. The number of anilines is 1. The number of ketones is 1. The number of amides is 1. The highest BCUT2D eigenvalue weighted by Crippen LogP contribution is 2.36. The van der Waals surface area contributed by atoms with Gasteiger partial charge in [0, 0.05) is 27.9 Å².